The molecule has 2 aromatic carbocycles. The summed E-state index contributed by atoms with van der Waals surface area (Å²) in [5.74, 6) is -0.165. The number of hydrogen-bond acceptors (Lipinski definition) is 5. The quantitative estimate of drug-likeness (QED) is 0.494. The van der Waals surface area contributed by atoms with Crippen molar-refractivity contribution >= 4 is 34.3 Å². The number of nitrogens with zero attached hydrogens (tertiary/aromatic N) is 3. The van der Waals surface area contributed by atoms with Crippen molar-refractivity contribution in [3.63, 3.8) is 0 Å². The van der Waals surface area contributed by atoms with E-state index >= 15 is 0 Å². The van der Waals surface area contributed by atoms with Crippen molar-refractivity contribution in [1.82, 2.24) is 14.5 Å². The lowest BCUT2D eigenvalue weighted by molar-refractivity contribution is -0.116. The highest BCUT2D eigenvalue weighted by atomic mass is 32.2. The van der Waals surface area contributed by atoms with Crippen LogP contribution < -0.4 is 10.7 Å². The molecule has 0 bridgehead atoms. The number of hydrogen-bond donors (Lipinski definition) is 1. The van der Waals surface area contributed by atoms with Gasteiger partial charge < -0.3 is 9.88 Å². The van der Waals surface area contributed by atoms with Gasteiger partial charge >= 0.3 is 0 Å². The number of nitrogens with one attached hydrogen (secondary N) is 1. The van der Waals surface area contributed by atoms with Crippen LogP contribution in [-0.4, -0.2) is 20.4 Å². The maximum absolute atomic E-state index is 12.5. The van der Waals surface area contributed by atoms with Crippen molar-refractivity contribution in [2.24, 2.45) is 0 Å². The first kappa shape index (κ1) is 19.8. The number of aromatic nitrogens is 3. The molecule has 0 radical (unpaired) electrons. The van der Waals surface area contributed by atoms with Crippen molar-refractivity contribution in [1.29, 1.82) is 0 Å². The van der Waals surface area contributed by atoms with Crippen molar-refractivity contribution in [3.05, 3.63) is 88.5 Å². The third-order valence-electron chi connectivity index (χ3n) is 4.51. The van der Waals surface area contributed by atoms with Gasteiger partial charge in [-0.15, -0.1) is 0 Å². The highest BCUT2D eigenvalue weighted by molar-refractivity contribution is 7.99. The van der Waals surface area contributed by atoms with Crippen LogP contribution in [-0.2, 0) is 11.3 Å². The Kier molecular flexibility index (Phi) is 5.63. The number of aryl methyl sites for hydroxylation is 2. The van der Waals surface area contributed by atoms with Gasteiger partial charge in [0, 0.05) is 39.6 Å². The molecule has 0 spiro atoms. The Labute approximate surface area is 178 Å². The van der Waals surface area contributed by atoms with Gasteiger partial charge in [0.25, 0.3) is 0 Å². The number of rotatable bonds is 5. The fourth-order valence-corrected chi connectivity index (χ4v) is 4.07. The van der Waals surface area contributed by atoms with E-state index < -0.39 is 0 Å². The highest BCUT2D eigenvalue weighted by Gasteiger charge is 2.08. The summed E-state index contributed by atoms with van der Waals surface area (Å²) in [6.07, 6.45) is 1.65. The molecule has 6 nitrogen and oxygen atoms in total. The van der Waals surface area contributed by atoms with Crippen molar-refractivity contribution in [2.75, 3.05) is 5.32 Å². The molecule has 7 heteroatoms. The Bertz CT molecular complexity index is 1260. The average Bonchev–Trinajstić information content (AvgIpc) is 2.71. The van der Waals surface area contributed by atoms with Gasteiger partial charge in [0.05, 0.1) is 5.52 Å². The van der Waals surface area contributed by atoms with Gasteiger partial charge in [-0.2, -0.15) is 0 Å². The Hall–Kier alpha value is -3.45. The monoisotopic (exact) mass is 416 g/mol. The van der Waals surface area contributed by atoms with Crippen LogP contribution in [0.1, 0.15) is 11.4 Å². The predicted molar refractivity (Wildman–Crippen MR) is 119 cm³/mol. The van der Waals surface area contributed by atoms with E-state index in [2.05, 4.69) is 15.3 Å². The smallest absolute Gasteiger partial charge is 0.244 e. The maximum atomic E-state index is 12.5. The fraction of sp³-hybridized carbons (Fsp3) is 0.130. The Morgan fingerprint density at radius 1 is 1.00 bits per heavy atom. The first-order chi connectivity index (χ1) is 14.5. The molecular weight excluding hydrogens is 396 g/mol. The number of amides is 1. The minimum atomic E-state index is -0.165. The van der Waals surface area contributed by atoms with Gasteiger partial charge in [0.2, 0.25) is 5.91 Å². The van der Waals surface area contributed by atoms with Crippen LogP contribution in [0.25, 0.3) is 10.9 Å². The number of carbonyl (C=O) groups is 1. The molecule has 0 aliphatic heterocycles. The van der Waals surface area contributed by atoms with E-state index in [1.807, 2.05) is 62.4 Å². The molecular formula is C23H20N4O2S. The molecule has 0 aliphatic carbocycles. The van der Waals surface area contributed by atoms with Gasteiger partial charge in [0.1, 0.15) is 6.54 Å². The first-order valence-electron chi connectivity index (χ1n) is 9.46. The third-order valence-corrected chi connectivity index (χ3v) is 5.38. The summed E-state index contributed by atoms with van der Waals surface area (Å²) in [5, 5.41) is 4.20. The standard InChI is InChI=1S/C23H20N4O2S/c1-15-13-16(2)25-23(24-15)30-18-9-7-17(8-10-18)26-22(29)14-27-12-11-21(28)19-5-3-4-6-20(19)27/h3-13H,14H2,1-2H3,(H,26,29). The highest BCUT2D eigenvalue weighted by Crippen LogP contribution is 2.26. The van der Waals surface area contributed by atoms with E-state index in [-0.39, 0.29) is 17.9 Å². The second-order valence-corrected chi connectivity index (χ2v) is 7.97. The number of benzene rings is 2. The zero-order valence-corrected chi connectivity index (χ0v) is 17.4. The number of fused-ring (bicyclic) bond motifs is 1. The molecule has 1 amide bonds. The molecule has 0 saturated heterocycles. The Balaban J connectivity index is 1.44. The molecule has 2 aromatic heterocycles. The van der Waals surface area contributed by atoms with Gasteiger partial charge in [-0.05, 0) is 68.1 Å². The molecule has 0 unspecified atom stereocenters. The summed E-state index contributed by atoms with van der Waals surface area (Å²) in [4.78, 5) is 34.4. The van der Waals surface area contributed by atoms with Crippen molar-refractivity contribution in [3.8, 4) is 0 Å². The van der Waals surface area contributed by atoms with Crippen molar-refractivity contribution < 1.29 is 4.79 Å². The summed E-state index contributed by atoms with van der Waals surface area (Å²) in [6.45, 7) is 4.01. The number of pyridine rings is 1. The summed E-state index contributed by atoms with van der Waals surface area (Å²) in [5.41, 5.74) is 3.26. The van der Waals surface area contributed by atoms with E-state index in [4.69, 9.17) is 0 Å². The second kappa shape index (κ2) is 8.51. The van der Waals surface area contributed by atoms with Crippen LogP contribution in [0.15, 0.2) is 81.7 Å². The summed E-state index contributed by atoms with van der Waals surface area (Å²) >= 11 is 1.48. The second-order valence-electron chi connectivity index (χ2n) is 6.93. The normalized spacial score (nSPS) is 10.9. The van der Waals surface area contributed by atoms with Crippen LogP contribution in [0.2, 0.25) is 0 Å². The first-order valence-corrected chi connectivity index (χ1v) is 10.3. The molecule has 0 saturated carbocycles. The largest absolute Gasteiger partial charge is 0.338 e. The molecule has 150 valence electrons. The van der Waals surface area contributed by atoms with Crippen LogP contribution in [0.4, 0.5) is 5.69 Å². The number of para-hydroxylation sites is 1. The molecule has 4 rings (SSSR count). The summed E-state index contributed by atoms with van der Waals surface area (Å²) in [6, 6.07) is 18.3. The lowest BCUT2D eigenvalue weighted by Gasteiger charge is -2.11. The molecule has 30 heavy (non-hydrogen) atoms. The number of carbonyl (C=O) groups excluding carboxylic acids is 1. The van der Waals surface area contributed by atoms with Crippen molar-refractivity contribution in [2.45, 2.75) is 30.4 Å². The Morgan fingerprint density at radius 3 is 2.43 bits per heavy atom. The lowest BCUT2D eigenvalue weighted by atomic mass is 10.2. The average molecular weight is 417 g/mol. The topological polar surface area (TPSA) is 76.9 Å². The van der Waals surface area contributed by atoms with E-state index in [0.29, 0.717) is 16.2 Å². The molecule has 0 atom stereocenters. The molecule has 0 aliphatic rings. The molecule has 0 fully saturated rings. The molecule has 1 N–H and O–H groups in total. The lowest BCUT2D eigenvalue weighted by Crippen LogP contribution is -2.20. The SMILES string of the molecule is Cc1cc(C)nc(Sc2ccc(NC(=O)Cn3ccc(=O)c4ccccc43)cc2)n1. The minimum absolute atomic E-state index is 0.0527. The molecule has 4 aromatic rings. The van der Waals surface area contributed by atoms with Crippen LogP contribution >= 0.6 is 11.8 Å². The zero-order valence-electron chi connectivity index (χ0n) is 16.6. The van der Waals surface area contributed by atoms with Crippen LogP contribution in [0, 0.1) is 13.8 Å². The number of anilines is 1. The van der Waals surface area contributed by atoms with Crippen LogP contribution in [0.5, 0.6) is 0 Å². The molecule has 2 heterocycles. The maximum Gasteiger partial charge on any atom is 0.244 e. The van der Waals surface area contributed by atoms with E-state index in [1.165, 1.54) is 17.8 Å². The van der Waals surface area contributed by atoms with Crippen LogP contribution in [0.3, 0.4) is 0 Å². The van der Waals surface area contributed by atoms with Gasteiger partial charge in [-0.3, -0.25) is 9.59 Å². The fourth-order valence-electron chi connectivity index (χ4n) is 3.20. The Morgan fingerprint density at radius 2 is 1.70 bits per heavy atom. The van der Waals surface area contributed by atoms with E-state index in [1.54, 1.807) is 16.8 Å². The van der Waals surface area contributed by atoms with E-state index in [0.717, 1.165) is 21.8 Å². The summed E-state index contributed by atoms with van der Waals surface area (Å²) in [7, 11) is 0. The van der Waals surface area contributed by atoms with E-state index in [9.17, 15) is 9.59 Å². The van der Waals surface area contributed by atoms with Gasteiger partial charge in [-0.25, -0.2) is 9.97 Å². The van der Waals surface area contributed by atoms with Gasteiger partial charge in [0.15, 0.2) is 10.6 Å². The van der Waals surface area contributed by atoms with Gasteiger partial charge in [-0.1, -0.05) is 12.1 Å². The third kappa shape index (κ3) is 4.58. The zero-order chi connectivity index (χ0) is 21.1. The minimum Gasteiger partial charge on any atom is -0.338 e. The summed E-state index contributed by atoms with van der Waals surface area (Å²) < 4.78 is 1.77. The predicted octanol–water partition coefficient (Wildman–Crippen LogP) is 4.20.